The molecule has 0 aliphatic carbocycles. The summed E-state index contributed by atoms with van der Waals surface area (Å²) in [6.45, 7) is 5.15. The van der Waals surface area contributed by atoms with Gasteiger partial charge in [-0.15, -0.1) is 0 Å². The Morgan fingerprint density at radius 2 is 2.29 bits per heavy atom. The van der Waals surface area contributed by atoms with E-state index in [1.165, 1.54) is 19.3 Å². The zero-order chi connectivity index (χ0) is 10.4. The summed E-state index contributed by atoms with van der Waals surface area (Å²) in [7, 11) is 2.15. The molecule has 1 rings (SSSR count). The third kappa shape index (κ3) is 4.94. The Kier molecular flexibility index (Phi) is 5.45. The van der Waals surface area contributed by atoms with Crippen molar-refractivity contribution in [1.29, 1.82) is 0 Å². The Labute approximate surface area is 87.6 Å². The van der Waals surface area contributed by atoms with Crippen LogP contribution in [0.15, 0.2) is 0 Å². The van der Waals surface area contributed by atoms with Crippen molar-refractivity contribution in [2.24, 2.45) is 5.73 Å². The molecule has 0 radical (unpaired) electrons. The van der Waals surface area contributed by atoms with E-state index in [9.17, 15) is 0 Å². The molecule has 0 spiro atoms. The lowest BCUT2D eigenvalue weighted by atomic mass is 10.1. The van der Waals surface area contributed by atoms with Crippen LogP contribution in [0.2, 0.25) is 0 Å². The lowest BCUT2D eigenvalue weighted by molar-refractivity contribution is -0.00169. The fraction of sp³-hybridized carbons (Fsp3) is 1.00. The van der Waals surface area contributed by atoms with Gasteiger partial charge in [-0.3, -0.25) is 0 Å². The molecule has 14 heavy (non-hydrogen) atoms. The highest BCUT2D eigenvalue weighted by atomic mass is 16.5. The second kappa shape index (κ2) is 6.38. The van der Waals surface area contributed by atoms with Crippen LogP contribution in [0.5, 0.6) is 0 Å². The van der Waals surface area contributed by atoms with Gasteiger partial charge in [-0.25, -0.2) is 0 Å². The minimum Gasteiger partial charge on any atom is -0.377 e. The highest BCUT2D eigenvalue weighted by Crippen LogP contribution is 2.13. The van der Waals surface area contributed by atoms with E-state index in [0.29, 0.717) is 12.1 Å². The molecule has 1 aliphatic heterocycles. The van der Waals surface area contributed by atoms with Gasteiger partial charge >= 0.3 is 0 Å². The fourth-order valence-electron chi connectivity index (χ4n) is 1.81. The summed E-state index contributed by atoms with van der Waals surface area (Å²) < 4.78 is 5.68. The van der Waals surface area contributed by atoms with Gasteiger partial charge in [0.2, 0.25) is 0 Å². The van der Waals surface area contributed by atoms with Crippen LogP contribution in [-0.2, 0) is 4.74 Å². The maximum Gasteiger partial charge on any atom is 0.0701 e. The lowest BCUT2D eigenvalue weighted by Gasteiger charge is -2.27. The molecule has 84 valence electrons. The largest absolute Gasteiger partial charge is 0.377 e. The first kappa shape index (κ1) is 12.0. The molecule has 2 unspecified atom stereocenters. The molecule has 0 aromatic carbocycles. The highest BCUT2D eigenvalue weighted by molar-refractivity contribution is 4.68. The van der Waals surface area contributed by atoms with E-state index in [-0.39, 0.29) is 0 Å². The minimum atomic E-state index is 0.310. The summed E-state index contributed by atoms with van der Waals surface area (Å²) in [6.07, 6.45) is 5.32. The molecule has 0 saturated carbocycles. The van der Waals surface area contributed by atoms with E-state index in [0.717, 1.165) is 26.1 Å². The number of rotatable bonds is 5. The van der Waals surface area contributed by atoms with Gasteiger partial charge in [0, 0.05) is 19.2 Å². The Bertz CT molecular complexity index is 144. The summed E-state index contributed by atoms with van der Waals surface area (Å²) in [5, 5.41) is 0. The van der Waals surface area contributed by atoms with Crippen molar-refractivity contribution in [3.05, 3.63) is 0 Å². The number of ether oxygens (including phenoxy) is 1. The number of likely N-dealkylation sites (N-methyl/N-ethyl adjacent to an activating group) is 1. The molecular weight excluding hydrogens is 176 g/mol. The van der Waals surface area contributed by atoms with Crippen LogP contribution in [0.25, 0.3) is 0 Å². The smallest absolute Gasteiger partial charge is 0.0701 e. The van der Waals surface area contributed by atoms with Crippen LogP contribution >= 0.6 is 0 Å². The SMILES string of the molecule is CC(N)CCN(C)CC1CCCCO1. The molecule has 0 aromatic rings. The standard InChI is InChI=1S/C11H24N2O/c1-10(12)6-7-13(2)9-11-5-3-4-8-14-11/h10-11H,3-9,12H2,1-2H3. The van der Waals surface area contributed by atoms with Gasteiger partial charge in [-0.1, -0.05) is 0 Å². The summed E-state index contributed by atoms with van der Waals surface area (Å²) in [4.78, 5) is 2.33. The highest BCUT2D eigenvalue weighted by Gasteiger charge is 2.15. The first-order valence-electron chi connectivity index (χ1n) is 5.74. The van der Waals surface area contributed by atoms with Crippen LogP contribution in [0, 0.1) is 0 Å². The lowest BCUT2D eigenvalue weighted by Crippen LogP contribution is -2.35. The number of hydrogen-bond donors (Lipinski definition) is 1. The van der Waals surface area contributed by atoms with E-state index in [1.807, 2.05) is 0 Å². The Morgan fingerprint density at radius 1 is 1.50 bits per heavy atom. The van der Waals surface area contributed by atoms with Crippen molar-refractivity contribution in [1.82, 2.24) is 4.90 Å². The van der Waals surface area contributed by atoms with Gasteiger partial charge in [-0.05, 0) is 46.2 Å². The molecule has 1 saturated heterocycles. The molecule has 3 nitrogen and oxygen atoms in total. The van der Waals surface area contributed by atoms with Crippen LogP contribution in [0.3, 0.4) is 0 Å². The second-order valence-electron chi connectivity index (χ2n) is 4.52. The molecule has 1 fully saturated rings. The van der Waals surface area contributed by atoms with E-state index >= 15 is 0 Å². The third-order valence-corrected chi connectivity index (χ3v) is 2.76. The van der Waals surface area contributed by atoms with E-state index in [2.05, 4.69) is 18.9 Å². The predicted octanol–water partition coefficient (Wildman–Crippen LogP) is 1.22. The van der Waals surface area contributed by atoms with Gasteiger partial charge in [0.15, 0.2) is 0 Å². The normalized spacial score (nSPS) is 25.3. The van der Waals surface area contributed by atoms with Gasteiger partial charge in [0.05, 0.1) is 6.10 Å². The average Bonchev–Trinajstić information content (AvgIpc) is 2.16. The summed E-state index contributed by atoms with van der Waals surface area (Å²) in [5.74, 6) is 0. The zero-order valence-electron chi connectivity index (χ0n) is 9.54. The quantitative estimate of drug-likeness (QED) is 0.725. The van der Waals surface area contributed by atoms with Crippen LogP contribution in [0.1, 0.15) is 32.6 Å². The van der Waals surface area contributed by atoms with Crippen molar-refractivity contribution in [3.63, 3.8) is 0 Å². The van der Waals surface area contributed by atoms with Crippen LogP contribution < -0.4 is 5.73 Å². The molecule has 2 N–H and O–H groups in total. The number of nitrogens with two attached hydrogens (primary N) is 1. The van der Waals surface area contributed by atoms with Gasteiger partial charge < -0.3 is 15.4 Å². The summed E-state index contributed by atoms with van der Waals surface area (Å²) in [6, 6.07) is 0.310. The maximum atomic E-state index is 5.72. The summed E-state index contributed by atoms with van der Waals surface area (Å²) in [5.41, 5.74) is 5.72. The summed E-state index contributed by atoms with van der Waals surface area (Å²) >= 11 is 0. The molecular formula is C11H24N2O. The molecule has 0 bridgehead atoms. The third-order valence-electron chi connectivity index (χ3n) is 2.76. The zero-order valence-corrected chi connectivity index (χ0v) is 9.54. The average molecular weight is 200 g/mol. The van der Waals surface area contributed by atoms with Crippen molar-refractivity contribution < 1.29 is 4.74 Å². The van der Waals surface area contributed by atoms with Gasteiger partial charge in [0.1, 0.15) is 0 Å². The van der Waals surface area contributed by atoms with Gasteiger partial charge in [-0.2, -0.15) is 0 Å². The van der Waals surface area contributed by atoms with Gasteiger partial charge in [0.25, 0.3) is 0 Å². The Hall–Kier alpha value is -0.120. The number of hydrogen-bond acceptors (Lipinski definition) is 3. The predicted molar refractivity (Wildman–Crippen MR) is 59.4 cm³/mol. The molecule has 2 atom stereocenters. The fourth-order valence-corrected chi connectivity index (χ4v) is 1.81. The van der Waals surface area contributed by atoms with Crippen molar-refractivity contribution in [2.45, 2.75) is 44.8 Å². The maximum absolute atomic E-state index is 5.72. The van der Waals surface area contributed by atoms with E-state index in [1.54, 1.807) is 0 Å². The van der Waals surface area contributed by atoms with E-state index < -0.39 is 0 Å². The molecule has 0 amide bonds. The molecule has 1 aliphatic rings. The minimum absolute atomic E-state index is 0.310. The second-order valence-corrected chi connectivity index (χ2v) is 4.52. The van der Waals surface area contributed by atoms with Crippen LogP contribution in [0.4, 0.5) is 0 Å². The topological polar surface area (TPSA) is 38.5 Å². The Morgan fingerprint density at radius 3 is 2.86 bits per heavy atom. The van der Waals surface area contributed by atoms with Crippen LogP contribution in [-0.4, -0.2) is 43.8 Å². The monoisotopic (exact) mass is 200 g/mol. The van der Waals surface area contributed by atoms with Crippen molar-refractivity contribution >= 4 is 0 Å². The molecule has 1 heterocycles. The number of nitrogens with zero attached hydrogens (tertiary/aromatic N) is 1. The Balaban J connectivity index is 2.09. The first-order valence-corrected chi connectivity index (χ1v) is 5.74. The van der Waals surface area contributed by atoms with E-state index in [4.69, 9.17) is 10.5 Å². The van der Waals surface area contributed by atoms with Crippen molar-refractivity contribution in [2.75, 3.05) is 26.7 Å². The molecule has 3 heteroatoms. The first-order chi connectivity index (χ1) is 6.68. The molecule has 0 aromatic heterocycles. The van der Waals surface area contributed by atoms with Crippen molar-refractivity contribution in [3.8, 4) is 0 Å².